The normalized spacial score (nSPS) is 24.1. The van der Waals surface area contributed by atoms with E-state index in [2.05, 4.69) is 10.6 Å². The topological polar surface area (TPSA) is 98.8 Å². The monoisotopic (exact) mass is 268 g/mol. The van der Waals surface area contributed by atoms with Gasteiger partial charge >= 0.3 is 17.8 Å². The lowest BCUT2D eigenvalue weighted by molar-refractivity contribution is -0.143. The van der Waals surface area contributed by atoms with Crippen molar-refractivity contribution in [2.75, 3.05) is 26.7 Å². The average Bonchev–Trinajstić information content (AvgIpc) is 2.58. The number of hydrogen-bond acceptors (Lipinski definition) is 5. The van der Waals surface area contributed by atoms with E-state index in [0.717, 1.165) is 19.4 Å². The summed E-state index contributed by atoms with van der Waals surface area (Å²) in [4.78, 5) is 47.4. The van der Waals surface area contributed by atoms with E-state index < -0.39 is 30.3 Å². The molecule has 2 aliphatic rings. The summed E-state index contributed by atoms with van der Waals surface area (Å²) in [6.07, 6.45) is 1.83. The number of carbonyl (C=O) groups is 4. The molecule has 0 aromatic rings. The van der Waals surface area contributed by atoms with Crippen molar-refractivity contribution in [1.82, 2.24) is 20.4 Å². The molecule has 2 saturated heterocycles. The Bertz CT molecular complexity index is 430. The van der Waals surface area contributed by atoms with Crippen molar-refractivity contribution < 1.29 is 19.2 Å². The van der Waals surface area contributed by atoms with Crippen molar-refractivity contribution in [1.29, 1.82) is 0 Å². The Morgan fingerprint density at radius 1 is 1.37 bits per heavy atom. The van der Waals surface area contributed by atoms with Gasteiger partial charge in [0.2, 0.25) is 5.91 Å². The van der Waals surface area contributed by atoms with Crippen molar-refractivity contribution in [2.24, 2.45) is 0 Å². The molecule has 8 heteroatoms. The highest BCUT2D eigenvalue weighted by Gasteiger charge is 2.43. The van der Waals surface area contributed by atoms with Gasteiger partial charge in [-0.15, -0.1) is 0 Å². The molecule has 5 amide bonds. The number of rotatable bonds is 3. The van der Waals surface area contributed by atoms with E-state index in [4.69, 9.17) is 0 Å². The highest BCUT2D eigenvalue weighted by atomic mass is 16.2. The minimum absolute atomic E-state index is 0.00230. The predicted molar refractivity (Wildman–Crippen MR) is 63.9 cm³/mol. The van der Waals surface area contributed by atoms with Gasteiger partial charge in [-0.05, 0) is 19.4 Å². The van der Waals surface area contributed by atoms with Crippen molar-refractivity contribution in [3.8, 4) is 0 Å². The zero-order valence-corrected chi connectivity index (χ0v) is 10.6. The molecule has 19 heavy (non-hydrogen) atoms. The Balaban J connectivity index is 1.90. The Morgan fingerprint density at radius 2 is 2.11 bits per heavy atom. The van der Waals surface area contributed by atoms with E-state index in [1.54, 1.807) is 0 Å². The van der Waals surface area contributed by atoms with Crippen LogP contribution in [0.4, 0.5) is 4.79 Å². The van der Waals surface area contributed by atoms with Crippen molar-refractivity contribution >= 4 is 23.8 Å². The lowest BCUT2D eigenvalue weighted by Gasteiger charge is -2.24. The summed E-state index contributed by atoms with van der Waals surface area (Å²) in [6.45, 7) is 1.19. The van der Waals surface area contributed by atoms with Crippen molar-refractivity contribution in [2.45, 2.75) is 18.9 Å². The van der Waals surface area contributed by atoms with Gasteiger partial charge in [-0.3, -0.25) is 19.3 Å². The molecule has 0 spiro atoms. The van der Waals surface area contributed by atoms with Crippen LogP contribution in [0.25, 0.3) is 0 Å². The van der Waals surface area contributed by atoms with Crippen LogP contribution in [0.15, 0.2) is 0 Å². The number of amides is 5. The molecule has 8 nitrogen and oxygen atoms in total. The maximum Gasteiger partial charge on any atom is 0.334 e. The third-order valence-electron chi connectivity index (χ3n) is 3.21. The zero-order valence-electron chi connectivity index (χ0n) is 10.6. The molecule has 0 aromatic carbocycles. The maximum absolute atomic E-state index is 11.8. The SMILES string of the molecule is CN1C(=O)C(=O)N(CC(=O)N[C@H]2CCCNC2)C1=O. The first-order chi connectivity index (χ1) is 9.00. The smallest absolute Gasteiger partial charge is 0.334 e. The van der Waals surface area contributed by atoms with Crippen LogP contribution in [0.2, 0.25) is 0 Å². The van der Waals surface area contributed by atoms with E-state index in [1.807, 2.05) is 0 Å². The maximum atomic E-state index is 11.8. The summed E-state index contributed by atoms with van der Waals surface area (Å²) in [7, 11) is 1.21. The number of carbonyl (C=O) groups excluding carboxylic acids is 4. The molecule has 0 radical (unpaired) electrons. The molecule has 2 N–H and O–H groups in total. The zero-order chi connectivity index (χ0) is 14.0. The van der Waals surface area contributed by atoms with E-state index >= 15 is 0 Å². The third-order valence-corrected chi connectivity index (χ3v) is 3.21. The van der Waals surface area contributed by atoms with E-state index in [1.165, 1.54) is 7.05 Å². The summed E-state index contributed by atoms with van der Waals surface area (Å²) < 4.78 is 0. The fourth-order valence-corrected chi connectivity index (χ4v) is 2.15. The average molecular weight is 268 g/mol. The third kappa shape index (κ3) is 2.73. The van der Waals surface area contributed by atoms with Gasteiger partial charge in [0.25, 0.3) is 0 Å². The molecule has 2 aliphatic heterocycles. The molecule has 0 aliphatic carbocycles. The van der Waals surface area contributed by atoms with Crippen LogP contribution < -0.4 is 10.6 Å². The Kier molecular flexibility index (Phi) is 3.79. The molecule has 0 bridgehead atoms. The molecule has 0 unspecified atom stereocenters. The molecule has 2 fully saturated rings. The van der Waals surface area contributed by atoms with Gasteiger partial charge in [-0.25, -0.2) is 9.69 Å². The number of nitrogens with zero attached hydrogens (tertiary/aromatic N) is 2. The summed E-state index contributed by atoms with van der Waals surface area (Å²) in [5.41, 5.74) is 0. The van der Waals surface area contributed by atoms with Crippen LogP contribution in [-0.4, -0.2) is 66.3 Å². The molecular weight excluding hydrogens is 252 g/mol. The first-order valence-electron chi connectivity index (χ1n) is 6.14. The molecule has 2 rings (SSSR count). The van der Waals surface area contributed by atoms with Crippen molar-refractivity contribution in [3.05, 3.63) is 0 Å². The molecule has 0 saturated carbocycles. The van der Waals surface area contributed by atoms with E-state index in [9.17, 15) is 19.2 Å². The van der Waals surface area contributed by atoms with E-state index in [0.29, 0.717) is 16.3 Å². The van der Waals surface area contributed by atoms with Crippen LogP contribution in [-0.2, 0) is 14.4 Å². The van der Waals surface area contributed by atoms with Crippen molar-refractivity contribution in [3.63, 3.8) is 0 Å². The minimum Gasteiger partial charge on any atom is -0.351 e. The Hall–Kier alpha value is -1.96. The largest absolute Gasteiger partial charge is 0.351 e. The highest BCUT2D eigenvalue weighted by Crippen LogP contribution is 2.09. The van der Waals surface area contributed by atoms with Crippen LogP contribution >= 0.6 is 0 Å². The number of imide groups is 2. The second kappa shape index (κ2) is 5.35. The quantitative estimate of drug-likeness (QED) is 0.468. The summed E-state index contributed by atoms with van der Waals surface area (Å²) in [5, 5.41) is 5.88. The lowest BCUT2D eigenvalue weighted by Crippen LogP contribution is -2.49. The van der Waals surface area contributed by atoms with Gasteiger partial charge < -0.3 is 10.6 Å². The number of piperidine rings is 1. The van der Waals surface area contributed by atoms with Gasteiger partial charge in [0, 0.05) is 19.6 Å². The summed E-state index contributed by atoms with van der Waals surface area (Å²) in [6, 6.07) is -0.755. The first-order valence-corrected chi connectivity index (χ1v) is 6.14. The summed E-state index contributed by atoms with van der Waals surface area (Å²) >= 11 is 0. The van der Waals surface area contributed by atoms with Gasteiger partial charge in [0.05, 0.1) is 0 Å². The Labute approximate surface area is 110 Å². The van der Waals surface area contributed by atoms with Crippen LogP contribution in [0.1, 0.15) is 12.8 Å². The van der Waals surface area contributed by atoms with Gasteiger partial charge in [0.1, 0.15) is 6.54 Å². The first kappa shape index (κ1) is 13.5. The lowest BCUT2D eigenvalue weighted by atomic mass is 10.1. The number of urea groups is 1. The van der Waals surface area contributed by atoms with Gasteiger partial charge in [0.15, 0.2) is 0 Å². The van der Waals surface area contributed by atoms with E-state index in [-0.39, 0.29) is 6.04 Å². The second-order valence-electron chi connectivity index (χ2n) is 4.65. The second-order valence-corrected chi connectivity index (χ2v) is 4.65. The molecule has 2 heterocycles. The van der Waals surface area contributed by atoms with Crippen LogP contribution in [0.3, 0.4) is 0 Å². The summed E-state index contributed by atoms with van der Waals surface area (Å²) in [5.74, 6) is -2.29. The molecular formula is C11H16N4O4. The molecule has 1 atom stereocenters. The van der Waals surface area contributed by atoms with Gasteiger partial charge in [-0.1, -0.05) is 0 Å². The minimum atomic E-state index is -0.954. The van der Waals surface area contributed by atoms with Crippen LogP contribution in [0, 0.1) is 0 Å². The molecule has 0 aromatic heterocycles. The molecule has 104 valence electrons. The fraction of sp³-hybridized carbons (Fsp3) is 0.636. The van der Waals surface area contributed by atoms with Crippen LogP contribution in [0.5, 0.6) is 0 Å². The number of nitrogens with one attached hydrogen (secondary N) is 2. The highest BCUT2D eigenvalue weighted by molar-refractivity contribution is 6.44. The predicted octanol–water partition coefficient (Wildman–Crippen LogP) is -1.72. The number of likely N-dealkylation sites (N-methyl/N-ethyl adjacent to an activating group) is 1. The number of hydrogen-bond donors (Lipinski definition) is 2. The fourth-order valence-electron chi connectivity index (χ4n) is 2.15. The Morgan fingerprint density at radius 3 is 2.63 bits per heavy atom. The van der Waals surface area contributed by atoms with Gasteiger partial charge in [-0.2, -0.15) is 0 Å². The standard InChI is InChI=1S/C11H16N4O4/c1-14-9(17)10(18)15(11(14)19)6-8(16)13-7-3-2-4-12-5-7/h7,12H,2-6H2,1H3,(H,13,16)/t7-/m0/s1.